The Morgan fingerprint density at radius 3 is 2.94 bits per heavy atom. The Hall–Kier alpha value is -1.73. The minimum absolute atomic E-state index is 0.106. The van der Waals surface area contributed by atoms with Gasteiger partial charge in [-0.1, -0.05) is 6.92 Å². The molecule has 4 heteroatoms. The lowest BCUT2D eigenvalue weighted by atomic mass is 10.1. The van der Waals surface area contributed by atoms with Crippen LogP contribution in [0.2, 0.25) is 0 Å². The number of likely N-dealkylation sites (tertiary alicyclic amines) is 1. The standard InChI is InChI=1S/C13H17N3O/c1-9-2-3-16(7-9)8-10-4-11(6-14)13(17)12(15)5-10/h4-5,9,17H,2-3,7-8,15H2,1H3/t9-/m1/s1. The number of hydrogen-bond donors (Lipinski definition) is 2. The van der Waals surface area contributed by atoms with Crippen LogP contribution in [0.5, 0.6) is 5.75 Å². The molecule has 0 aliphatic carbocycles. The third kappa shape index (κ3) is 2.51. The van der Waals surface area contributed by atoms with E-state index >= 15 is 0 Å². The van der Waals surface area contributed by atoms with Crippen LogP contribution in [-0.4, -0.2) is 23.1 Å². The maximum atomic E-state index is 9.56. The van der Waals surface area contributed by atoms with Crippen molar-refractivity contribution >= 4 is 5.69 Å². The van der Waals surface area contributed by atoms with Gasteiger partial charge >= 0.3 is 0 Å². The lowest BCUT2D eigenvalue weighted by Gasteiger charge is -2.16. The number of nitrogen functional groups attached to an aromatic ring is 1. The number of nitrogens with two attached hydrogens (primary N) is 1. The number of nitrogens with zero attached hydrogens (tertiary/aromatic N) is 2. The number of phenols is 1. The van der Waals surface area contributed by atoms with Gasteiger partial charge in [-0.2, -0.15) is 5.26 Å². The van der Waals surface area contributed by atoms with E-state index in [1.54, 1.807) is 12.1 Å². The molecule has 1 aliphatic rings. The van der Waals surface area contributed by atoms with Gasteiger partial charge in [0.2, 0.25) is 0 Å². The lowest BCUT2D eigenvalue weighted by molar-refractivity contribution is 0.320. The van der Waals surface area contributed by atoms with Crippen molar-refractivity contribution in [1.29, 1.82) is 5.26 Å². The number of aromatic hydroxyl groups is 1. The molecule has 2 rings (SSSR count). The molecule has 17 heavy (non-hydrogen) atoms. The van der Waals surface area contributed by atoms with Crippen LogP contribution in [0.15, 0.2) is 12.1 Å². The Kier molecular flexibility index (Phi) is 3.21. The van der Waals surface area contributed by atoms with Gasteiger partial charge in [0.1, 0.15) is 6.07 Å². The summed E-state index contributed by atoms with van der Waals surface area (Å²) in [6.45, 7) is 5.21. The molecule has 0 spiro atoms. The highest BCUT2D eigenvalue weighted by molar-refractivity contribution is 5.61. The van der Waals surface area contributed by atoms with Crippen LogP contribution in [-0.2, 0) is 6.54 Å². The number of nitriles is 1. The molecule has 3 N–H and O–H groups in total. The minimum Gasteiger partial charge on any atom is -0.504 e. The summed E-state index contributed by atoms with van der Waals surface area (Å²) in [5, 5.41) is 18.5. The Bertz CT molecular complexity index is 464. The predicted octanol–water partition coefficient (Wildman–Crippen LogP) is 1.69. The highest BCUT2D eigenvalue weighted by atomic mass is 16.3. The first-order valence-corrected chi connectivity index (χ1v) is 5.84. The molecule has 1 aromatic carbocycles. The molecule has 90 valence electrons. The molecule has 1 saturated heterocycles. The second kappa shape index (κ2) is 4.64. The van der Waals surface area contributed by atoms with E-state index in [9.17, 15) is 5.11 Å². The first kappa shape index (κ1) is 11.7. The van der Waals surface area contributed by atoms with E-state index in [2.05, 4.69) is 11.8 Å². The number of hydrogen-bond acceptors (Lipinski definition) is 4. The van der Waals surface area contributed by atoms with Gasteiger partial charge in [0.25, 0.3) is 0 Å². The normalized spacial score (nSPS) is 20.4. The van der Waals surface area contributed by atoms with Crippen LogP contribution in [0.1, 0.15) is 24.5 Å². The molecule has 0 amide bonds. The van der Waals surface area contributed by atoms with E-state index in [0.29, 0.717) is 0 Å². The van der Waals surface area contributed by atoms with Crippen molar-refractivity contribution in [2.75, 3.05) is 18.8 Å². The summed E-state index contributed by atoms with van der Waals surface area (Å²) in [5.74, 6) is 0.630. The monoisotopic (exact) mass is 231 g/mol. The fraction of sp³-hybridized carbons (Fsp3) is 0.462. The summed E-state index contributed by atoms with van der Waals surface area (Å²) in [6.07, 6.45) is 1.22. The largest absolute Gasteiger partial charge is 0.504 e. The van der Waals surface area contributed by atoms with Gasteiger partial charge in [-0.3, -0.25) is 4.90 Å². The molecule has 0 bridgehead atoms. The van der Waals surface area contributed by atoms with Gasteiger partial charge in [0.05, 0.1) is 11.3 Å². The molecule has 1 fully saturated rings. The molecular weight excluding hydrogens is 214 g/mol. The number of anilines is 1. The molecule has 1 aliphatic heterocycles. The molecule has 0 saturated carbocycles. The lowest BCUT2D eigenvalue weighted by Crippen LogP contribution is -2.19. The maximum absolute atomic E-state index is 9.56. The fourth-order valence-electron chi connectivity index (χ4n) is 2.32. The summed E-state index contributed by atoms with van der Waals surface area (Å²) >= 11 is 0. The topological polar surface area (TPSA) is 73.3 Å². The Labute approximate surface area is 101 Å². The zero-order valence-corrected chi connectivity index (χ0v) is 9.98. The second-order valence-electron chi connectivity index (χ2n) is 4.82. The van der Waals surface area contributed by atoms with Gasteiger partial charge in [0, 0.05) is 13.1 Å². The van der Waals surface area contributed by atoms with Crippen molar-refractivity contribution in [3.8, 4) is 11.8 Å². The van der Waals surface area contributed by atoms with Crippen LogP contribution >= 0.6 is 0 Å². The summed E-state index contributed by atoms with van der Waals surface area (Å²) in [7, 11) is 0. The van der Waals surface area contributed by atoms with Crippen LogP contribution in [0.25, 0.3) is 0 Å². The number of rotatable bonds is 2. The zero-order chi connectivity index (χ0) is 12.4. The molecule has 1 aromatic rings. The van der Waals surface area contributed by atoms with E-state index in [1.165, 1.54) is 6.42 Å². The average molecular weight is 231 g/mol. The SMILES string of the molecule is C[C@@H]1CCN(Cc2cc(N)c(O)c(C#N)c2)C1. The van der Waals surface area contributed by atoms with Crippen molar-refractivity contribution in [2.45, 2.75) is 19.9 Å². The van der Waals surface area contributed by atoms with Crippen molar-refractivity contribution < 1.29 is 5.11 Å². The van der Waals surface area contributed by atoms with E-state index in [0.717, 1.165) is 31.1 Å². The third-order valence-corrected chi connectivity index (χ3v) is 3.23. The first-order chi connectivity index (χ1) is 8.10. The zero-order valence-electron chi connectivity index (χ0n) is 9.98. The predicted molar refractivity (Wildman–Crippen MR) is 66.3 cm³/mol. The third-order valence-electron chi connectivity index (χ3n) is 3.23. The Balaban J connectivity index is 2.17. The van der Waals surface area contributed by atoms with Gasteiger partial charge in [0.15, 0.2) is 5.75 Å². The van der Waals surface area contributed by atoms with Crippen LogP contribution < -0.4 is 5.73 Å². The highest BCUT2D eigenvalue weighted by Crippen LogP contribution is 2.27. The van der Waals surface area contributed by atoms with Gasteiger partial charge in [-0.05, 0) is 36.6 Å². The van der Waals surface area contributed by atoms with Crippen molar-refractivity contribution in [1.82, 2.24) is 4.90 Å². The Morgan fingerprint density at radius 1 is 1.59 bits per heavy atom. The fourth-order valence-corrected chi connectivity index (χ4v) is 2.32. The van der Waals surface area contributed by atoms with Crippen molar-refractivity contribution in [2.24, 2.45) is 5.92 Å². The summed E-state index contributed by atoms with van der Waals surface area (Å²) in [6, 6.07) is 5.43. The summed E-state index contributed by atoms with van der Waals surface area (Å²) in [5.41, 5.74) is 7.21. The molecule has 0 radical (unpaired) electrons. The minimum atomic E-state index is -0.106. The number of phenolic OH excluding ortho intramolecular Hbond substituents is 1. The van der Waals surface area contributed by atoms with E-state index in [1.807, 2.05) is 6.07 Å². The van der Waals surface area contributed by atoms with E-state index < -0.39 is 0 Å². The van der Waals surface area contributed by atoms with Crippen molar-refractivity contribution in [3.05, 3.63) is 23.3 Å². The summed E-state index contributed by atoms with van der Waals surface area (Å²) in [4.78, 5) is 2.34. The molecule has 4 nitrogen and oxygen atoms in total. The average Bonchev–Trinajstić information content (AvgIpc) is 2.69. The van der Waals surface area contributed by atoms with E-state index in [-0.39, 0.29) is 17.0 Å². The van der Waals surface area contributed by atoms with Crippen molar-refractivity contribution in [3.63, 3.8) is 0 Å². The quantitative estimate of drug-likeness (QED) is 0.600. The van der Waals surface area contributed by atoms with Crippen LogP contribution in [0.3, 0.4) is 0 Å². The van der Waals surface area contributed by atoms with Gasteiger partial charge < -0.3 is 10.8 Å². The molecule has 1 heterocycles. The summed E-state index contributed by atoms with van der Waals surface area (Å²) < 4.78 is 0. The molecular formula is C13H17N3O. The van der Waals surface area contributed by atoms with Crippen LogP contribution in [0.4, 0.5) is 5.69 Å². The molecule has 1 atom stereocenters. The first-order valence-electron chi connectivity index (χ1n) is 5.84. The van der Waals surface area contributed by atoms with Crippen LogP contribution in [0, 0.1) is 17.2 Å². The number of benzene rings is 1. The Morgan fingerprint density at radius 2 is 2.35 bits per heavy atom. The molecule has 0 unspecified atom stereocenters. The van der Waals surface area contributed by atoms with Gasteiger partial charge in [-0.25, -0.2) is 0 Å². The van der Waals surface area contributed by atoms with E-state index in [4.69, 9.17) is 11.0 Å². The smallest absolute Gasteiger partial charge is 0.156 e. The molecule has 0 aromatic heterocycles. The van der Waals surface area contributed by atoms with Gasteiger partial charge in [-0.15, -0.1) is 0 Å². The highest BCUT2D eigenvalue weighted by Gasteiger charge is 2.19. The second-order valence-corrected chi connectivity index (χ2v) is 4.82. The maximum Gasteiger partial charge on any atom is 0.156 e.